The second-order valence-electron chi connectivity index (χ2n) is 15.1. The summed E-state index contributed by atoms with van der Waals surface area (Å²) in [6.45, 7) is 19.1. The van der Waals surface area contributed by atoms with E-state index < -0.39 is 0 Å². The van der Waals surface area contributed by atoms with Crippen LogP contribution >= 0.6 is 0 Å². The predicted octanol–water partition coefficient (Wildman–Crippen LogP) is 6.64. The van der Waals surface area contributed by atoms with Crippen molar-refractivity contribution in [3.63, 3.8) is 0 Å². The number of rotatable bonds is 3. The van der Waals surface area contributed by atoms with Gasteiger partial charge in [0.1, 0.15) is 6.61 Å². The van der Waals surface area contributed by atoms with Crippen LogP contribution in [0.3, 0.4) is 0 Å². The number of aliphatic hydroxyl groups excluding tert-OH is 1. The fraction of sp³-hybridized carbons (Fsp3) is 0.812. The summed E-state index contributed by atoms with van der Waals surface area (Å²) in [6.07, 6.45) is 12.3. The molecule has 4 saturated carbocycles. The van der Waals surface area contributed by atoms with Crippen LogP contribution in [0.1, 0.15) is 104 Å². The number of nitrogens with zero attached hydrogens (tertiary/aromatic N) is 1. The molecular weight excluding hydrogens is 444 g/mol. The maximum atomic E-state index is 13.4. The fourth-order valence-corrected chi connectivity index (χ4v) is 12.2. The molecule has 0 spiro atoms. The zero-order valence-electron chi connectivity index (χ0n) is 23.5. The number of allylic oxidation sites excluding steroid dienone is 1. The van der Waals surface area contributed by atoms with E-state index in [9.17, 15) is 9.90 Å². The Morgan fingerprint density at radius 2 is 1.78 bits per heavy atom. The number of H-pyrrole nitrogens is 1. The van der Waals surface area contributed by atoms with Gasteiger partial charge in [-0.1, -0.05) is 46.8 Å². The molecule has 5 aliphatic rings. The first kappa shape index (κ1) is 24.9. The number of aromatic amines is 1. The van der Waals surface area contributed by atoms with Crippen molar-refractivity contribution in [2.24, 2.45) is 51.2 Å². The first-order valence-corrected chi connectivity index (χ1v) is 14.7. The number of Topliss-reactive ketones (excluding diaryl/α,β-unsaturated/α-hetero) is 1. The lowest BCUT2D eigenvalue weighted by molar-refractivity contribution is -0.224. The SMILES string of the molecule is C=C(C)[C@@H]1CC[C@]2(C(=O)CO)CC[C@]3(C)[C@H](CC[C@@H]4[C@@]5(C)Cc6cn[nH]c6C(C)(C)[C@@H]5CC[C@]43C)[C@@H]12. The molecule has 4 fully saturated rings. The quantitative estimate of drug-likeness (QED) is 0.465. The summed E-state index contributed by atoms with van der Waals surface area (Å²) in [5.41, 5.74) is 4.58. The van der Waals surface area contributed by atoms with Gasteiger partial charge in [0, 0.05) is 16.5 Å². The smallest absolute Gasteiger partial charge is 0.164 e. The minimum atomic E-state index is -0.328. The molecule has 0 unspecified atom stereocenters. The molecule has 0 aliphatic heterocycles. The molecule has 4 nitrogen and oxygen atoms in total. The molecule has 6 rings (SSSR count). The van der Waals surface area contributed by atoms with Crippen molar-refractivity contribution >= 4 is 5.78 Å². The highest BCUT2D eigenvalue weighted by molar-refractivity contribution is 5.87. The molecule has 4 heteroatoms. The van der Waals surface area contributed by atoms with Gasteiger partial charge in [-0.25, -0.2) is 0 Å². The molecule has 36 heavy (non-hydrogen) atoms. The molecule has 0 bridgehead atoms. The Morgan fingerprint density at radius 1 is 1.03 bits per heavy atom. The van der Waals surface area contributed by atoms with Crippen molar-refractivity contribution in [2.75, 3.05) is 6.61 Å². The molecule has 2 N–H and O–H groups in total. The molecule has 0 saturated heterocycles. The third kappa shape index (κ3) is 2.76. The number of hydrogen-bond donors (Lipinski definition) is 2. The number of aromatic nitrogens is 2. The van der Waals surface area contributed by atoms with Crippen LogP contribution < -0.4 is 0 Å². The Kier molecular flexibility index (Phi) is 5.24. The molecule has 0 radical (unpaired) electrons. The topological polar surface area (TPSA) is 66.0 Å². The molecule has 0 amide bonds. The van der Waals surface area contributed by atoms with Gasteiger partial charge >= 0.3 is 0 Å². The van der Waals surface area contributed by atoms with E-state index in [1.807, 2.05) is 0 Å². The number of hydrogen-bond acceptors (Lipinski definition) is 3. The van der Waals surface area contributed by atoms with E-state index >= 15 is 0 Å². The van der Waals surface area contributed by atoms with Gasteiger partial charge in [-0.3, -0.25) is 9.89 Å². The van der Waals surface area contributed by atoms with Gasteiger partial charge in [0.05, 0.1) is 6.20 Å². The van der Waals surface area contributed by atoms with Crippen molar-refractivity contribution in [3.8, 4) is 0 Å². The number of carbonyl (C=O) groups is 1. The first-order chi connectivity index (χ1) is 16.9. The number of ketones is 1. The Morgan fingerprint density at radius 3 is 2.47 bits per heavy atom. The van der Waals surface area contributed by atoms with Crippen LogP contribution in [0.2, 0.25) is 0 Å². The van der Waals surface area contributed by atoms with E-state index in [1.54, 1.807) is 0 Å². The summed E-state index contributed by atoms with van der Waals surface area (Å²) in [7, 11) is 0. The summed E-state index contributed by atoms with van der Waals surface area (Å²) in [5.74, 6) is 2.75. The van der Waals surface area contributed by atoms with Crippen molar-refractivity contribution in [1.82, 2.24) is 10.2 Å². The van der Waals surface area contributed by atoms with E-state index in [4.69, 9.17) is 0 Å². The minimum absolute atomic E-state index is 0.114. The number of fused-ring (bicyclic) bond motifs is 8. The highest BCUT2D eigenvalue weighted by Crippen LogP contribution is 2.77. The van der Waals surface area contributed by atoms with Crippen LogP contribution in [0.15, 0.2) is 18.3 Å². The van der Waals surface area contributed by atoms with Crippen LogP contribution in [0.4, 0.5) is 0 Å². The Balaban J connectivity index is 1.43. The molecule has 1 aromatic rings. The summed E-state index contributed by atoms with van der Waals surface area (Å²) < 4.78 is 0. The Bertz CT molecular complexity index is 1100. The number of aliphatic hydroxyl groups is 1. The lowest BCUT2D eigenvalue weighted by Crippen LogP contribution is -2.67. The lowest BCUT2D eigenvalue weighted by Gasteiger charge is -2.72. The van der Waals surface area contributed by atoms with Gasteiger partial charge in [-0.05, 0) is 116 Å². The van der Waals surface area contributed by atoms with Crippen molar-refractivity contribution in [2.45, 2.75) is 105 Å². The normalized spacial score (nSPS) is 48.7. The summed E-state index contributed by atoms with van der Waals surface area (Å²) in [4.78, 5) is 13.4. The third-order valence-electron chi connectivity index (χ3n) is 13.8. The molecule has 0 aromatic carbocycles. The number of carbonyl (C=O) groups excluding carboxylic acids is 1. The van der Waals surface area contributed by atoms with Crippen molar-refractivity contribution in [1.29, 1.82) is 0 Å². The maximum absolute atomic E-state index is 13.4. The monoisotopic (exact) mass is 492 g/mol. The largest absolute Gasteiger partial charge is 0.389 e. The molecule has 1 heterocycles. The minimum Gasteiger partial charge on any atom is -0.389 e. The maximum Gasteiger partial charge on any atom is 0.164 e. The van der Waals surface area contributed by atoms with Gasteiger partial charge in [0.25, 0.3) is 0 Å². The van der Waals surface area contributed by atoms with E-state index in [-0.39, 0.29) is 39.5 Å². The Hall–Kier alpha value is -1.42. The summed E-state index contributed by atoms with van der Waals surface area (Å²) in [5, 5.41) is 17.9. The molecule has 1 aromatic heterocycles. The van der Waals surface area contributed by atoms with E-state index in [2.05, 4.69) is 64.5 Å². The van der Waals surface area contributed by atoms with Gasteiger partial charge in [-0.2, -0.15) is 5.10 Å². The standard InChI is InChI=1S/C32H48N2O2/c1-19(2)21-10-13-32(25(36)18-35)15-14-30(6)22(26(21)32)8-9-24-29(5)16-20-17-33-34-27(20)28(3,4)23(29)11-12-31(24,30)7/h17,21-24,26,35H,1,8-16,18H2,2-7H3,(H,33,34)/t21-,22+,23-,24+,26+,29-,30+,31+,32+/m0/s1. The van der Waals surface area contributed by atoms with Gasteiger partial charge in [0.15, 0.2) is 5.78 Å². The van der Waals surface area contributed by atoms with E-state index in [0.717, 1.165) is 32.1 Å². The first-order valence-electron chi connectivity index (χ1n) is 14.7. The van der Waals surface area contributed by atoms with Crippen LogP contribution in [0, 0.1) is 51.2 Å². The van der Waals surface area contributed by atoms with Gasteiger partial charge in [-0.15, -0.1) is 0 Å². The lowest BCUT2D eigenvalue weighted by atomic mass is 9.32. The molecule has 5 aliphatic carbocycles. The van der Waals surface area contributed by atoms with Gasteiger partial charge in [0.2, 0.25) is 0 Å². The van der Waals surface area contributed by atoms with Crippen LogP contribution in [-0.2, 0) is 16.6 Å². The second kappa shape index (κ2) is 7.58. The zero-order valence-corrected chi connectivity index (χ0v) is 23.5. The van der Waals surface area contributed by atoms with Crippen LogP contribution in [-0.4, -0.2) is 27.7 Å². The average Bonchev–Trinajstić information content (AvgIpc) is 3.44. The molecular formula is C32H48N2O2. The third-order valence-corrected chi connectivity index (χ3v) is 13.8. The van der Waals surface area contributed by atoms with E-state index in [1.165, 1.54) is 42.5 Å². The summed E-state index contributed by atoms with van der Waals surface area (Å²) in [6, 6.07) is 0. The number of nitrogens with one attached hydrogen (secondary N) is 1. The van der Waals surface area contributed by atoms with Crippen LogP contribution in [0.25, 0.3) is 0 Å². The molecule has 198 valence electrons. The van der Waals surface area contributed by atoms with Crippen molar-refractivity contribution < 1.29 is 9.90 Å². The second-order valence-corrected chi connectivity index (χ2v) is 15.1. The highest BCUT2D eigenvalue weighted by atomic mass is 16.3. The molecule has 9 atom stereocenters. The zero-order chi connectivity index (χ0) is 25.9. The van der Waals surface area contributed by atoms with E-state index in [0.29, 0.717) is 29.6 Å². The predicted molar refractivity (Wildman–Crippen MR) is 143 cm³/mol. The highest BCUT2D eigenvalue weighted by Gasteiger charge is 2.71. The average molecular weight is 493 g/mol. The van der Waals surface area contributed by atoms with Crippen molar-refractivity contribution in [3.05, 3.63) is 29.6 Å². The Labute approximate surface area is 218 Å². The van der Waals surface area contributed by atoms with Crippen LogP contribution in [0.5, 0.6) is 0 Å². The fourth-order valence-electron chi connectivity index (χ4n) is 12.2. The summed E-state index contributed by atoms with van der Waals surface area (Å²) >= 11 is 0. The van der Waals surface area contributed by atoms with Gasteiger partial charge < -0.3 is 5.11 Å².